The Balaban J connectivity index is 4.36. The lowest BCUT2D eigenvalue weighted by Gasteiger charge is -2.24. The molecule has 0 rings (SSSR count). The summed E-state index contributed by atoms with van der Waals surface area (Å²) in [6.45, 7) is 5.26. The molecule has 9 heteroatoms. The Labute approximate surface area is 361 Å². The van der Waals surface area contributed by atoms with E-state index in [1.54, 1.807) is 0 Å². The van der Waals surface area contributed by atoms with Crippen molar-refractivity contribution in [3.8, 4) is 0 Å². The number of carbonyl (C=O) groups excluding carboxylic acids is 1. The number of hydrogen-bond acceptors (Lipinski definition) is 6. The van der Waals surface area contributed by atoms with E-state index < -0.39 is 13.9 Å². The summed E-state index contributed by atoms with van der Waals surface area (Å²) in [5.74, 6) is -0.357. The highest BCUT2D eigenvalue weighted by molar-refractivity contribution is 7.47. The van der Waals surface area contributed by atoms with Gasteiger partial charge in [0, 0.05) is 13.0 Å². The van der Waals surface area contributed by atoms with E-state index in [0.29, 0.717) is 24.1 Å². The number of nitrogens with zero attached hydrogens (tertiary/aromatic N) is 1. The molecule has 2 unspecified atom stereocenters. The summed E-state index contributed by atoms with van der Waals surface area (Å²) in [4.78, 5) is 22.9. The molecular formula is C50H85NO7P+. The van der Waals surface area contributed by atoms with Crippen molar-refractivity contribution in [1.29, 1.82) is 0 Å². The van der Waals surface area contributed by atoms with Crippen molar-refractivity contribution in [2.45, 2.75) is 148 Å². The van der Waals surface area contributed by atoms with Crippen molar-refractivity contribution >= 4 is 13.8 Å². The lowest BCUT2D eigenvalue weighted by Crippen LogP contribution is -2.37. The minimum Gasteiger partial charge on any atom is -0.457 e. The molecule has 0 bridgehead atoms. The molecule has 0 aromatic carbocycles. The van der Waals surface area contributed by atoms with E-state index in [0.717, 1.165) is 103 Å². The van der Waals surface area contributed by atoms with Gasteiger partial charge >= 0.3 is 13.8 Å². The van der Waals surface area contributed by atoms with Gasteiger partial charge in [0.05, 0.1) is 34.4 Å². The minimum atomic E-state index is -4.30. The smallest absolute Gasteiger partial charge is 0.457 e. The molecule has 0 radical (unpaired) electrons. The monoisotopic (exact) mass is 843 g/mol. The molecule has 0 aromatic rings. The number of quaternary nitrogens is 1. The van der Waals surface area contributed by atoms with Gasteiger partial charge in [0.25, 0.3) is 0 Å². The number of ether oxygens (including phenoxy) is 2. The number of rotatable bonds is 40. The van der Waals surface area contributed by atoms with Crippen molar-refractivity contribution in [2.24, 2.45) is 0 Å². The van der Waals surface area contributed by atoms with Gasteiger partial charge in [-0.05, 0) is 96.3 Å². The van der Waals surface area contributed by atoms with Gasteiger partial charge in [0.15, 0.2) is 0 Å². The lowest BCUT2D eigenvalue weighted by molar-refractivity contribution is -0.870. The molecule has 59 heavy (non-hydrogen) atoms. The largest absolute Gasteiger partial charge is 0.472 e. The highest BCUT2D eigenvalue weighted by Gasteiger charge is 2.26. The van der Waals surface area contributed by atoms with Gasteiger partial charge in [-0.25, -0.2) is 4.57 Å². The molecule has 0 aliphatic heterocycles. The molecule has 0 saturated carbocycles. The maximum Gasteiger partial charge on any atom is 0.472 e. The number of unbranched alkanes of at least 4 members (excludes halogenated alkanes) is 8. The first-order valence-corrected chi connectivity index (χ1v) is 24.1. The summed E-state index contributed by atoms with van der Waals surface area (Å²) < 4.78 is 35.0. The average molecular weight is 843 g/mol. The molecule has 8 nitrogen and oxygen atoms in total. The second-order valence-electron chi connectivity index (χ2n) is 15.7. The molecule has 0 fully saturated rings. The fraction of sp³-hybridized carbons (Fsp3) is 0.620. The number of esters is 1. The van der Waals surface area contributed by atoms with Crippen LogP contribution < -0.4 is 0 Å². The van der Waals surface area contributed by atoms with E-state index in [9.17, 15) is 14.3 Å². The number of likely N-dealkylation sites (N-methyl/N-ethyl adjacent to an activating group) is 1. The summed E-state index contributed by atoms with van der Waals surface area (Å²) in [6.07, 6.45) is 58.4. The molecule has 2 atom stereocenters. The first-order valence-electron chi connectivity index (χ1n) is 22.6. The molecule has 0 spiro atoms. The summed E-state index contributed by atoms with van der Waals surface area (Å²) >= 11 is 0. The summed E-state index contributed by atoms with van der Waals surface area (Å²) in [5, 5.41) is 0. The van der Waals surface area contributed by atoms with Crippen molar-refractivity contribution in [2.75, 3.05) is 54.1 Å². The van der Waals surface area contributed by atoms with E-state index in [-0.39, 0.29) is 32.2 Å². The maximum absolute atomic E-state index is 12.7. The van der Waals surface area contributed by atoms with Crippen LogP contribution in [0.15, 0.2) is 109 Å². The Morgan fingerprint density at radius 2 is 0.932 bits per heavy atom. The Morgan fingerprint density at radius 1 is 0.525 bits per heavy atom. The van der Waals surface area contributed by atoms with Crippen LogP contribution in [-0.4, -0.2) is 75.6 Å². The van der Waals surface area contributed by atoms with Crippen LogP contribution in [0.4, 0.5) is 0 Å². The standard InChI is InChI=1S/C50H84NO7P/c1-6-8-10-12-14-16-18-20-22-24-26-27-29-31-33-35-37-39-41-43-50(52)58-49(48-57-59(53,54)56-46-44-51(3,4)5)47-55-45-42-40-38-36-34-32-30-28-25-23-21-19-17-15-13-11-9-7-2/h8-11,14-17,20-23,26-28,30-31,33,49H,6-7,12-13,18-19,24-25,29,32,34-48H2,1-5H3/p+1/b10-8-,11-9-,16-14-,17-15-,22-20-,23-21-,27-26-,30-28-,33-31-. The molecule has 336 valence electrons. The number of hydrogen-bond donors (Lipinski definition) is 1. The van der Waals surface area contributed by atoms with Crippen molar-refractivity contribution in [3.63, 3.8) is 0 Å². The number of allylic oxidation sites excluding steroid dienone is 18. The van der Waals surface area contributed by atoms with Crippen molar-refractivity contribution in [3.05, 3.63) is 109 Å². The third kappa shape index (κ3) is 46.1. The van der Waals surface area contributed by atoms with Gasteiger partial charge in [0.1, 0.15) is 19.3 Å². The number of phosphoric acid groups is 1. The molecule has 0 aromatic heterocycles. The molecule has 0 aliphatic carbocycles. The normalized spacial score (nSPS) is 14.7. The van der Waals surface area contributed by atoms with Crippen LogP contribution >= 0.6 is 7.82 Å². The van der Waals surface area contributed by atoms with Gasteiger partial charge in [0.2, 0.25) is 0 Å². The predicted octanol–water partition coefficient (Wildman–Crippen LogP) is 13.6. The Morgan fingerprint density at radius 3 is 1.39 bits per heavy atom. The average Bonchev–Trinajstić information content (AvgIpc) is 3.19. The fourth-order valence-corrected chi connectivity index (χ4v) is 6.13. The van der Waals surface area contributed by atoms with Crippen LogP contribution in [0, 0.1) is 0 Å². The number of phosphoric ester groups is 1. The van der Waals surface area contributed by atoms with Gasteiger partial charge < -0.3 is 18.9 Å². The molecular weight excluding hydrogens is 758 g/mol. The van der Waals surface area contributed by atoms with Crippen LogP contribution in [0.3, 0.4) is 0 Å². The van der Waals surface area contributed by atoms with Crippen LogP contribution in [0.2, 0.25) is 0 Å². The van der Waals surface area contributed by atoms with Crippen molar-refractivity contribution < 1.29 is 37.3 Å². The van der Waals surface area contributed by atoms with Crippen LogP contribution in [-0.2, 0) is 27.9 Å². The third-order valence-corrected chi connectivity index (χ3v) is 9.81. The SMILES string of the molecule is CC/C=C\C/C=C\C/C=C\C/C=C\C/C=C\CCCCCC(=O)OC(COCCCCCCC/C=C\C/C=C\C/C=C\C/C=C\CC)COP(=O)(O)OCC[N+](C)(C)C. The number of carbonyl (C=O) groups is 1. The zero-order chi connectivity index (χ0) is 43.4. The second-order valence-corrected chi connectivity index (χ2v) is 17.1. The van der Waals surface area contributed by atoms with E-state index in [1.807, 2.05) is 21.1 Å². The zero-order valence-corrected chi connectivity index (χ0v) is 38.8. The minimum absolute atomic E-state index is 0.0707. The van der Waals surface area contributed by atoms with Crippen LogP contribution in [0.1, 0.15) is 142 Å². The second kappa shape index (κ2) is 41.9. The highest BCUT2D eigenvalue weighted by atomic mass is 31.2. The predicted molar refractivity (Wildman–Crippen MR) is 251 cm³/mol. The summed E-state index contributed by atoms with van der Waals surface area (Å²) in [5.41, 5.74) is 0. The Kier molecular flexibility index (Phi) is 39.9. The van der Waals surface area contributed by atoms with E-state index in [2.05, 4.69) is 123 Å². The van der Waals surface area contributed by atoms with E-state index >= 15 is 0 Å². The lowest BCUT2D eigenvalue weighted by atomic mass is 10.1. The van der Waals surface area contributed by atoms with Gasteiger partial charge in [-0.15, -0.1) is 0 Å². The van der Waals surface area contributed by atoms with Crippen molar-refractivity contribution in [1.82, 2.24) is 0 Å². The molecule has 0 aliphatic rings. The molecule has 1 N–H and O–H groups in total. The highest BCUT2D eigenvalue weighted by Crippen LogP contribution is 2.43. The van der Waals surface area contributed by atoms with Crippen LogP contribution in [0.5, 0.6) is 0 Å². The summed E-state index contributed by atoms with van der Waals surface area (Å²) in [7, 11) is 1.61. The first kappa shape index (κ1) is 56.2. The topological polar surface area (TPSA) is 91.3 Å². The Hall–Kier alpha value is -2.84. The molecule has 0 saturated heterocycles. The molecule has 0 amide bonds. The van der Waals surface area contributed by atoms with E-state index in [4.69, 9.17) is 18.5 Å². The zero-order valence-electron chi connectivity index (χ0n) is 37.9. The fourth-order valence-electron chi connectivity index (χ4n) is 5.39. The maximum atomic E-state index is 12.7. The molecule has 0 heterocycles. The third-order valence-electron chi connectivity index (χ3n) is 8.83. The first-order chi connectivity index (χ1) is 28.6. The quantitative estimate of drug-likeness (QED) is 0.0216. The van der Waals surface area contributed by atoms with Gasteiger partial charge in [-0.1, -0.05) is 149 Å². The van der Waals surface area contributed by atoms with Crippen LogP contribution in [0.25, 0.3) is 0 Å². The summed E-state index contributed by atoms with van der Waals surface area (Å²) in [6, 6.07) is 0. The van der Waals surface area contributed by atoms with E-state index in [1.165, 1.54) is 12.8 Å². The van der Waals surface area contributed by atoms with Gasteiger partial charge in [-0.3, -0.25) is 13.8 Å². The Bertz CT molecular complexity index is 1300. The van der Waals surface area contributed by atoms with Gasteiger partial charge in [-0.2, -0.15) is 0 Å².